The summed E-state index contributed by atoms with van der Waals surface area (Å²) in [6.07, 6.45) is -3.73. The van der Waals surface area contributed by atoms with Crippen LogP contribution in [0.25, 0.3) is 11.3 Å². The number of piperidine rings is 1. The Morgan fingerprint density at radius 3 is 2.53 bits per heavy atom. The molecule has 2 aromatic heterocycles. The molecule has 202 valence electrons. The van der Waals surface area contributed by atoms with Gasteiger partial charge in [-0.05, 0) is 49.6 Å². The summed E-state index contributed by atoms with van der Waals surface area (Å²) in [7, 11) is -4.38. The molecule has 3 heterocycles. The summed E-state index contributed by atoms with van der Waals surface area (Å²) in [5, 5.41) is 18.8. The topological polar surface area (TPSA) is 133 Å². The summed E-state index contributed by atoms with van der Waals surface area (Å²) in [6, 6.07) is 11.7. The molecule has 0 aliphatic carbocycles. The van der Waals surface area contributed by atoms with Crippen LogP contribution in [0.15, 0.2) is 59.6 Å². The Bertz CT molecular complexity index is 1470. The highest BCUT2D eigenvalue weighted by Gasteiger charge is 2.39. The van der Waals surface area contributed by atoms with Crippen LogP contribution in [0, 0.1) is 5.41 Å². The quantitative estimate of drug-likeness (QED) is 0.400. The number of hydrogen-bond acceptors (Lipinski definition) is 7. The van der Waals surface area contributed by atoms with E-state index < -0.39 is 50.5 Å². The highest BCUT2D eigenvalue weighted by atomic mass is 32.2. The number of nitrogens with zero attached hydrogens (tertiary/aromatic N) is 3. The molecule has 1 saturated heterocycles. The molecule has 1 aromatic carbocycles. The maximum Gasteiger partial charge on any atom is 0.418 e. The SMILES string of the molecule is CC1(C(=O)O)CCCN(c2cccc(S(=O)(=O)Nc3ccc(C(F)(F)F)c(-c4ccccc4CO)n3)n2)C1. The number of carbonyl (C=O) groups is 1. The molecule has 0 saturated carbocycles. The van der Waals surface area contributed by atoms with E-state index in [4.69, 9.17) is 0 Å². The molecule has 13 heteroatoms. The van der Waals surface area contributed by atoms with Gasteiger partial charge in [0.2, 0.25) is 0 Å². The summed E-state index contributed by atoms with van der Waals surface area (Å²) in [4.78, 5) is 21.5. The molecule has 3 N–H and O–H groups in total. The number of carboxylic acids is 1. The molecule has 0 bridgehead atoms. The van der Waals surface area contributed by atoms with Gasteiger partial charge in [-0.25, -0.2) is 9.97 Å². The number of hydrogen-bond donors (Lipinski definition) is 3. The van der Waals surface area contributed by atoms with Crippen molar-refractivity contribution < 1.29 is 36.6 Å². The third-order valence-electron chi connectivity index (χ3n) is 6.40. The van der Waals surface area contributed by atoms with Crippen molar-refractivity contribution in [2.45, 2.75) is 37.6 Å². The lowest BCUT2D eigenvalue weighted by atomic mass is 9.82. The Morgan fingerprint density at radius 1 is 1.11 bits per heavy atom. The number of halogens is 3. The van der Waals surface area contributed by atoms with Gasteiger partial charge < -0.3 is 15.1 Å². The molecule has 3 aromatic rings. The van der Waals surface area contributed by atoms with Gasteiger partial charge in [0.1, 0.15) is 11.6 Å². The van der Waals surface area contributed by atoms with E-state index in [0.717, 1.165) is 12.1 Å². The van der Waals surface area contributed by atoms with Gasteiger partial charge in [0.05, 0.1) is 23.3 Å². The van der Waals surface area contributed by atoms with E-state index in [0.29, 0.717) is 19.4 Å². The lowest BCUT2D eigenvalue weighted by Gasteiger charge is -2.38. The van der Waals surface area contributed by atoms with Crippen LogP contribution in [-0.2, 0) is 27.6 Å². The Balaban J connectivity index is 1.68. The van der Waals surface area contributed by atoms with Crippen LogP contribution in [0.3, 0.4) is 0 Å². The second kappa shape index (κ2) is 10.2. The predicted octanol–water partition coefficient (Wildman–Crippen LogP) is 4.15. The van der Waals surface area contributed by atoms with Crippen LogP contribution in [0.1, 0.15) is 30.9 Å². The number of sulfonamides is 1. The number of aliphatic hydroxyl groups excluding tert-OH is 1. The largest absolute Gasteiger partial charge is 0.481 e. The Morgan fingerprint density at radius 2 is 1.84 bits per heavy atom. The number of anilines is 2. The molecular weight excluding hydrogens is 525 g/mol. The third kappa shape index (κ3) is 5.58. The first-order valence-corrected chi connectivity index (χ1v) is 13.1. The van der Waals surface area contributed by atoms with Crippen LogP contribution in [0.5, 0.6) is 0 Å². The van der Waals surface area contributed by atoms with Crippen molar-refractivity contribution in [3.05, 3.63) is 65.7 Å². The maximum absolute atomic E-state index is 13.7. The van der Waals surface area contributed by atoms with Crippen LogP contribution in [-0.4, -0.2) is 47.7 Å². The number of alkyl halides is 3. The normalized spacial score (nSPS) is 18.3. The number of carboxylic acid groups (broad SMARTS) is 1. The monoisotopic (exact) mass is 550 g/mol. The lowest BCUT2D eigenvalue weighted by molar-refractivity contribution is -0.148. The van der Waals surface area contributed by atoms with Gasteiger partial charge in [0.15, 0.2) is 5.03 Å². The van der Waals surface area contributed by atoms with Crippen molar-refractivity contribution in [3.8, 4) is 11.3 Å². The standard InChI is InChI=1S/C25H25F3N4O5S/c1-24(23(34)35)12-5-13-32(15-24)20-8-4-9-21(30-20)38(36,37)31-19-11-10-18(25(26,27)28)22(29-19)17-7-3-2-6-16(17)14-33/h2-4,6-11,33H,5,12-15H2,1H3,(H,29,31)(H,34,35). The van der Waals surface area contributed by atoms with Crippen molar-refractivity contribution in [1.29, 1.82) is 0 Å². The van der Waals surface area contributed by atoms with Crippen LogP contribution in [0.4, 0.5) is 24.8 Å². The van der Waals surface area contributed by atoms with Crippen molar-refractivity contribution in [2.75, 3.05) is 22.7 Å². The van der Waals surface area contributed by atoms with E-state index in [1.54, 1.807) is 24.0 Å². The first kappa shape index (κ1) is 27.3. The second-order valence-electron chi connectivity index (χ2n) is 9.24. The van der Waals surface area contributed by atoms with Crippen molar-refractivity contribution >= 4 is 27.6 Å². The first-order chi connectivity index (χ1) is 17.8. The van der Waals surface area contributed by atoms with Gasteiger partial charge in [-0.3, -0.25) is 9.52 Å². The molecule has 9 nitrogen and oxygen atoms in total. The molecule has 1 unspecified atom stereocenters. The van der Waals surface area contributed by atoms with Gasteiger partial charge in [-0.2, -0.15) is 21.6 Å². The number of aliphatic hydroxyl groups is 1. The zero-order valence-electron chi connectivity index (χ0n) is 20.2. The number of pyridine rings is 2. The fourth-order valence-corrected chi connectivity index (χ4v) is 5.33. The number of aromatic nitrogens is 2. The van der Waals surface area contributed by atoms with Crippen LogP contribution in [0.2, 0.25) is 0 Å². The van der Waals surface area contributed by atoms with Crippen molar-refractivity contribution in [3.63, 3.8) is 0 Å². The molecule has 38 heavy (non-hydrogen) atoms. The van der Waals surface area contributed by atoms with Crippen molar-refractivity contribution in [1.82, 2.24) is 9.97 Å². The molecule has 0 amide bonds. The maximum atomic E-state index is 13.7. The number of benzene rings is 1. The van der Waals surface area contributed by atoms with E-state index >= 15 is 0 Å². The summed E-state index contributed by atoms with van der Waals surface area (Å²) < 4.78 is 69.7. The zero-order valence-corrected chi connectivity index (χ0v) is 21.1. The average molecular weight is 551 g/mol. The van der Waals surface area contributed by atoms with Crippen LogP contribution < -0.4 is 9.62 Å². The Hall–Kier alpha value is -3.71. The lowest BCUT2D eigenvalue weighted by Crippen LogP contribution is -2.46. The summed E-state index contributed by atoms with van der Waals surface area (Å²) in [5.41, 5.74) is -2.44. The Kier molecular flexibility index (Phi) is 7.35. The third-order valence-corrected chi connectivity index (χ3v) is 7.66. The fraction of sp³-hybridized carbons (Fsp3) is 0.320. The number of nitrogens with one attached hydrogen (secondary N) is 1. The first-order valence-electron chi connectivity index (χ1n) is 11.6. The summed E-state index contributed by atoms with van der Waals surface area (Å²) in [6.45, 7) is 1.70. The van der Waals surface area contributed by atoms with E-state index in [1.807, 2.05) is 0 Å². The highest BCUT2D eigenvalue weighted by Crippen LogP contribution is 2.38. The number of aliphatic carboxylic acids is 1. The molecule has 1 fully saturated rings. The fourth-order valence-electron chi connectivity index (χ4n) is 4.37. The van der Waals surface area contributed by atoms with Gasteiger partial charge >= 0.3 is 12.1 Å². The Labute approximate surface area is 217 Å². The minimum absolute atomic E-state index is 0.00933. The molecular formula is C25H25F3N4O5S. The minimum atomic E-state index is -4.78. The van der Waals surface area contributed by atoms with E-state index in [1.165, 1.54) is 30.3 Å². The van der Waals surface area contributed by atoms with E-state index in [2.05, 4.69) is 14.7 Å². The highest BCUT2D eigenvalue weighted by molar-refractivity contribution is 7.92. The number of rotatable bonds is 7. The van der Waals surface area contributed by atoms with Gasteiger partial charge in [0.25, 0.3) is 10.0 Å². The van der Waals surface area contributed by atoms with Crippen LogP contribution >= 0.6 is 0 Å². The van der Waals surface area contributed by atoms with Crippen molar-refractivity contribution in [2.24, 2.45) is 5.41 Å². The van der Waals surface area contributed by atoms with Gasteiger partial charge in [-0.1, -0.05) is 30.3 Å². The molecule has 4 rings (SSSR count). The molecule has 1 aliphatic heterocycles. The summed E-state index contributed by atoms with van der Waals surface area (Å²) >= 11 is 0. The minimum Gasteiger partial charge on any atom is -0.481 e. The average Bonchev–Trinajstić information content (AvgIpc) is 2.88. The second-order valence-corrected chi connectivity index (χ2v) is 10.9. The molecule has 0 radical (unpaired) electrons. The smallest absolute Gasteiger partial charge is 0.418 e. The van der Waals surface area contributed by atoms with Gasteiger partial charge in [0, 0.05) is 18.7 Å². The van der Waals surface area contributed by atoms with E-state index in [9.17, 15) is 36.6 Å². The zero-order chi connectivity index (χ0) is 27.7. The van der Waals surface area contributed by atoms with E-state index in [-0.39, 0.29) is 29.3 Å². The molecule has 1 aliphatic rings. The predicted molar refractivity (Wildman–Crippen MR) is 133 cm³/mol. The van der Waals surface area contributed by atoms with Gasteiger partial charge in [-0.15, -0.1) is 0 Å². The summed E-state index contributed by atoms with van der Waals surface area (Å²) in [5.74, 6) is -1.07. The molecule has 0 spiro atoms. The molecule has 1 atom stereocenters.